The standard InChI is InChI=1S/C21H15F3N4O/c1-12-6-8-13(9-7-12)17-10-18(19(23)24)28-20(26-17)14(11-25-28)21(29)27-16-5-3-2-4-15(16)22/h2-11,19H,1H3,(H,27,29). The molecule has 0 unspecified atom stereocenters. The summed E-state index contributed by atoms with van der Waals surface area (Å²) in [5, 5.41) is 6.32. The van der Waals surface area contributed by atoms with Crippen molar-refractivity contribution in [2.45, 2.75) is 13.3 Å². The largest absolute Gasteiger partial charge is 0.319 e. The van der Waals surface area contributed by atoms with Crippen molar-refractivity contribution in [3.05, 3.63) is 83.4 Å². The van der Waals surface area contributed by atoms with Gasteiger partial charge in [0.15, 0.2) is 5.65 Å². The Morgan fingerprint density at radius 1 is 1.10 bits per heavy atom. The summed E-state index contributed by atoms with van der Waals surface area (Å²) >= 11 is 0. The van der Waals surface area contributed by atoms with Gasteiger partial charge in [0.25, 0.3) is 12.3 Å². The smallest absolute Gasteiger partial charge is 0.280 e. The third-order valence-corrected chi connectivity index (χ3v) is 4.44. The Balaban J connectivity index is 1.82. The van der Waals surface area contributed by atoms with E-state index in [2.05, 4.69) is 15.4 Å². The molecular weight excluding hydrogens is 381 g/mol. The minimum absolute atomic E-state index is 0.0272. The number of carbonyl (C=O) groups excluding carboxylic acids is 1. The highest BCUT2D eigenvalue weighted by atomic mass is 19.3. The van der Waals surface area contributed by atoms with Gasteiger partial charge in [-0.1, -0.05) is 42.0 Å². The van der Waals surface area contributed by atoms with Crippen LogP contribution in [0.25, 0.3) is 16.9 Å². The quantitative estimate of drug-likeness (QED) is 0.526. The van der Waals surface area contributed by atoms with Crippen molar-refractivity contribution in [3.63, 3.8) is 0 Å². The molecule has 0 aliphatic carbocycles. The van der Waals surface area contributed by atoms with Gasteiger partial charge in [-0.2, -0.15) is 5.10 Å². The molecule has 2 aromatic carbocycles. The average Bonchev–Trinajstić information content (AvgIpc) is 3.13. The molecule has 0 spiro atoms. The van der Waals surface area contributed by atoms with Gasteiger partial charge in [0.2, 0.25) is 0 Å². The summed E-state index contributed by atoms with van der Waals surface area (Å²) in [7, 11) is 0. The summed E-state index contributed by atoms with van der Waals surface area (Å²) < 4.78 is 42.0. The Kier molecular flexibility index (Phi) is 4.75. The van der Waals surface area contributed by atoms with Gasteiger partial charge in [-0.25, -0.2) is 22.7 Å². The molecule has 5 nitrogen and oxygen atoms in total. The molecule has 0 fully saturated rings. The molecule has 4 aromatic rings. The van der Waals surface area contributed by atoms with E-state index in [-0.39, 0.29) is 22.6 Å². The second-order valence-corrected chi connectivity index (χ2v) is 6.46. The van der Waals surface area contributed by atoms with Crippen molar-refractivity contribution >= 4 is 17.2 Å². The summed E-state index contributed by atoms with van der Waals surface area (Å²) in [4.78, 5) is 17.0. The second kappa shape index (κ2) is 7.38. The first-order valence-electron chi connectivity index (χ1n) is 8.74. The van der Waals surface area contributed by atoms with Crippen LogP contribution in [0.2, 0.25) is 0 Å². The Hall–Kier alpha value is -3.68. The van der Waals surface area contributed by atoms with E-state index < -0.39 is 23.8 Å². The van der Waals surface area contributed by atoms with Crippen molar-refractivity contribution in [2.24, 2.45) is 0 Å². The first kappa shape index (κ1) is 18.7. The van der Waals surface area contributed by atoms with Crippen molar-refractivity contribution in [3.8, 4) is 11.3 Å². The summed E-state index contributed by atoms with van der Waals surface area (Å²) in [6, 6.07) is 14.1. The number of carbonyl (C=O) groups is 1. The third kappa shape index (κ3) is 3.56. The van der Waals surface area contributed by atoms with E-state index in [1.54, 1.807) is 18.2 Å². The minimum Gasteiger partial charge on any atom is -0.319 e. The Labute approximate surface area is 163 Å². The van der Waals surface area contributed by atoms with Gasteiger partial charge in [0.05, 0.1) is 17.6 Å². The Bertz CT molecular complexity index is 1200. The molecule has 2 aromatic heterocycles. The van der Waals surface area contributed by atoms with Crippen LogP contribution in [-0.2, 0) is 0 Å². The lowest BCUT2D eigenvalue weighted by Gasteiger charge is -2.09. The molecular formula is C21H15F3N4O. The molecule has 1 amide bonds. The fourth-order valence-corrected chi connectivity index (χ4v) is 2.93. The van der Waals surface area contributed by atoms with Crippen LogP contribution in [0.3, 0.4) is 0 Å². The molecule has 0 atom stereocenters. The van der Waals surface area contributed by atoms with Crippen LogP contribution in [0.1, 0.15) is 28.0 Å². The zero-order valence-electron chi connectivity index (χ0n) is 15.2. The minimum atomic E-state index is -2.83. The molecule has 4 rings (SSSR count). The summed E-state index contributed by atoms with van der Waals surface area (Å²) in [6.45, 7) is 1.91. The maximum absolute atomic E-state index is 13.8. The van der Waals surface area contributed by atoms with Gasteiger partial charge in [0.1, 0.15) is 17.1 Å². The van der Waals surface area contributed by atoms with Crippen LogP contribution in [0.4, 0.5) is 18.9 Å². The van der Waals surface area contributed by atoms with E-state index in [0.29, 0.717) is 5.56 Å². The van der Waals surface area contributed by atoms with Crippen LogP contribution < -0.4 is 5.32 Å². The van der Waals surface area contributed by atoms with Crippen LogP contribution in [0.5, 0.6) is 0 Å². The number of aryl methyl sites for hydroxylation is 1. The second-order valence-electron chi connectivity index (χ2n) is 6.46. The topological polar surface area (TPSA) is 59.3 Å². The summed E-state index contributed by atoms with van der Waals surface area (Å²) in [5.74, 6) is -1.31. The normalized spacial score (nSPS) is 11.2. The average molecular weight is 396 g/mol. The molecule has 0 aliphatic rings. The molecule has 146 valence electrons. The molecule has 0 aliphatic heterocycles. The maximum atomic E-state index is 13.8. The first-order chi connectivity index (χ1) is 13.9. The van der Waals surface area contributed by atoms with Crippen molar-refractivity contribution in [1.29, 1.82) is 0 Å². The first-order valence-corrected chi connectivity index (χ1v) is 8.74. The summed E-state index contributed by atoms with van der Waals surface area (Å²) in [5.41, 5.74) is 1.43. The molecule has 2 heterocycles. The predicted octanol–water partition coefficient (Wildman–Crippen LogP) is 5.03. The van der Waals surface area contributed by atoms with Gasteiger partial charge in [0, 0.05) is 5.56 Å². The SMILES string of the molecule is Cc1ccc(-c2cc(C(F)F)n3ncc(C(=O)Nc4ccccc4F)c3n2)cc1. The highest BCUT2D eigenvalue weighted by Gasteiger charge is 2.22. The number of nitrogens with zero attached hydrogens (tertiary/aromatic N) is 3. The van der Waals surface area contributed by atoms with Crippen molar-refractivity contribution in [1.82, 2.24) is 14.6 Å². The number of halogens is 3. The number of para-hydroxylation sites is 1. The highest BCUT2D eigenvalue weighted by Crippen LogP contribution is 2.27. The third-order valence-electron chi connectivity index (χ3n) is 4.44. The van der Waals surface area contributed by atoms with Crippen LogP contribution in [-0.4, -0.2) is 20.5 Å². The van der Waals surface area contributed by atoms with E-state index in [1.807, 2.05) is 19.1 Å². The van der Waals surface area contributed by atoms with E-state index in [1.165, 1.54) is 24.3 Å². The molecule has 8 heteroatoms. The number of alkyl halides is 2. The lowest BCUT2D eigenvalue weighted by molar-refractivity contribution is 0.102. The summed E-state index contributed by atoms with van der Waals surface area (Å²) in [6.07, 6.45) is -1.68. The zero-order valence-corrected chi connectivity index (χ0v) is 15.2. The lowest BCUT2D eigenvalue weighted by atomic mass is 10.1. The number of fused-ring (bicyclic) bond motifs is 1. The van der Waals surface area contributed by atoms with Gasteiger partial charge in [-0.05, 0) is 25.1 Å². The van der Waals surface area contributed by atoms with Crippen LogP contribution >= 0.6 is 0 Å². The van der Waals surface area contributed by atoms with Gasteiger partial charge >= 0.3 is 0 Å². The number of amides is 1. The Morgan fingerprint density at radius 2 is 1.83 bits per heavy atom. The van der Waals surface area contributed by atoms with Crippen LogP contribution in [0, 0.1) is 12.7 Å². The number of benzene rings is 2. The molecule has 0 radical (unpaired) electrons. The number of hydrogen-bond acceptors (Lipinski definition) is 3. The van der Waals surface area contributed by atoms with Gasteiger partial charge in [-0.15, -0.1) is 0 Å². The molecule has 29 heavy (non-hydrogen) atoms. The van der Waals surface area contributed by atoms with Crippen LogP contribution in [0.15, 0.2) is 60.8 Å². The number of rotatable bonds is 4. The Morgan fingerprint density at radius 3 is 2.52 bits per heavy atom. The molecule has 1 N–H and O–H groups in total. The van der Waals surface area contributed by atoms with E-state index in [0.717, 1.165) is 16.3 Å². The fourth-order valence-electron chi connectivity index (χ4n) is 2.93. The highest BCUT2D eigenvalue weighted by molar-refractivity contribution is 6.08. The zero-order chi connectivity index (χ0) is 20.5. The van der Waals surface area contributed by atoms with Gasteiger partial charge < -0.3 is 5.32 Å². The van der Waals surface area contributed by atoms with E-state index >= 15 is 0 Å². The number of nitrogens with one attached hydrogen (secondary N) is 1. The number of anilines is 1. The van der Waals surface area contributed by atoms with E-state index in [4.69, 9.17) is 0 Å². The molecule has 0 saturated heterocycles. The van der Waals surface area contributed by atoms with Gasteiger partial charge in [-0.3, -0.25) is 4.79 Å². The maximum Gasteiger partial charge on any atom is 0.280 e. The van der Waals surface area contributed by atoms with E-state index in [9.17, 15) is 18.0 Å². The number of aromatic nitrogens is 3. The van der Waals surface area contributed by atoms with Crippen molar-refractivity contribution < 1.29 is 18.0 Å². The molecule has 0 bridgehead atoms. The lowest BCUT2D eigenvalue weighted by Crippen LogP contribution is -2.13. The fraction of sp³-hybridized carbons (Fsp3) is 0.0952. The number of hydrogen-bond donors (Lipinski definition) is 1. The van der Waals surface area contributed by atoms with Crippen molar-refractivity contribution in [2.75, 3.05) is 5.32 Å². The molecule has 0 saturated carbocycles. The predicted molar refractivity (Wildman–Crippen MR) is 102 cm³/mol. The monoisotopic (exact) mass is 396 g/mol.